The normalized spacial score (nSPS) is 15.3. The molecule has 0 aliphatic rings. The van der Waals surface area contributed by atoms with Crippen molar-refractivity contribution in [3.8, 4) is 0 Å². The summed E-state index contributed by atoms with van der Waals surface area (Å²) in [5.74, 6) is -0.174. The van der Waals surface area contributed by atoms with Gasteiger partial charge in [0, 0.05) is 11.9 Å². The molecule has 3 nitrogen and oxygen atoms in total. The van der Waals surface area contributed by atoms with E-state index in [2.05, 4.69) is 11.3 Å². The van der Waals surface area contributed by atoms with Gasteiger partial charge in [0.2, 0.25) is 0 Å². The van der Waals surface area contributed by atoms with Gasteiger partial charge in [-0.25, -0.2) is 0 Å². The Morgan fingerprint density at radius 3 is 2.58 bits per heavy atom. The number of halogens is 1. The van der Waals surface area contributed by atoms with Gasteiger partial charge in [-0.3, -0.25) is 4.79 Å². The Hall–Kier alpha value is -0.0631. The second kappa shape index (κ2) is 5.56. The molecule has 12 heavy (non-hydrogen) atoms. The van der Waals surface area contributed by atoms with Crippen molar-refractivity contribution in [1.82, 2.24) is 0 Å². The minimum absolute atomic E-state index is 0.174. The number of carbonyl (C=O) groups excluding carboxylic acids is 1. The predicted molar refractivity (Wildman–Crippen MR) is 52.8 cm³/mol. The third-order valence-electron chi connectivity index (χ3n) is 1.98. The van der Waals surface area contributed by atoms with E-state index in [9.17, 15) is 4.79 Å². The number of methoxy groups -OCH3 is 1. The zero-order chi connectivity index (χ0) is 9.61. The second-order valence-corrected chi connectivity index (χ2v) is 8.82. The number of ether oxygens (including phenoxy) is 1. The van der Waals surface area contributed by atoms with E-state index < -0.39 is 8.07 Å². The first-order chi connectivity index (χ1) is 5.58. The number of esters is 1. The third-order valence-corrected chi connectivity index (χ3v) is 7.00. The van der Waals surface area contributed by atoms with Crippen LogP contribution in [0.4, 0.5) is 0 Å². The van der Waals surface area contributed by atoms with Crippen LogP contribution in [-0.2, 0) is 9.53 Å². The Balaban J connectivity index is 3.80. The van der Waals surface area contributed by atoms with Crippen molar-refractivity contribution in [2.75, 3.05) is 18.8 Å². The minimum atomic E-state index is -1.53. The van der Waals surface area contributed by atoms with Gasteiger partial charge in [-0.15, -0.1) is 11.6 Å². The van der Waals surface area contributed by atoms with E-state index in [0.717, 1.165) is 6.04 Å². The molecule has 0 aromatic carbocycles. The van der Waals surface area contributed by atoms with Gasteiger partial charge in [0.25, 0.3) is 0 Å². The first-order valence-corrected chi connectivity index (χ1v) is 7.56. The fourth-order valence-electron chi connectivity index (χ4n) is 0.729. The van der Waals surface area contributed by atoms with Crippen LogP contribution in [0.25, 0.3) is 0 Å². The van der Waals surface area contributed by atoms with Gasteiger partial charge in [-0.05, 0) is 12.2 Å². The molecule has 0 aromatic heterocycles. The Kier molecular flexibility index (Phi) is 5.53. The number of hydrogen-bond acceptors (Lipinski definition) is 3. The lowest BCUT2D eigenvalue weighted by molar-refractivity contribution is -0.140. The molecule has 0 aliphatic heterocycles. The van der Waals surface area contributed by atoms with Gasteiger partial charge >= 0.3 is 5.97 Å². The van der Waals surface area contributed by atoms with Gasteiger partial charge in [0.05, 0.1) is 15.2 Å². The maximum absolute atomic E-state index is 10.8. The Bertz CT molecular complexity index is 150. The van der Waals surface area contributed by atoms with Crippen LogP contribution in [0.2, 0.25) is 12.6 Å². The van der Waals surface area contributed by atoms with Crippen molar-refractivity contribution < 1.29 is 9.53 Å². The summed E-state index contributed by atoms with van der Waals surface area (Å²) in [5, 5.41) is 0. The van der Waals surface area contributed by atoms with Crippen molar-refractivity contribution in [2.45, 2.75) is 19.0 Å². The summed E-state index contributed by atoms with van der Waals surface area (Å²) in [6.45, 7) is 2.10. The molecule has 0 fully saturated rings. The molecule has 1 atom stereocenters. The molecule has 0 aliphatic carbocycles. The first kappa shape index (κ1) is 11.9. The van der Waals surface area contributed by atoms with Crippen molar-refractivity contribution in [3.63, 3.8) is 0 Å². The molecule has 0 amide bonds. The molecule has 0 rings (SSSR count). The van der Waals surface area contributed by atoms with Crippen LogP contribution >= 0.6 is 11.6 Å². The van der Waals surface area contributed by atoms with Crippen LogP contribution in [0.3, 0.4) is 0 Å². The highest BCUT2D eigenvalue weighted by molar-refractivity contribution is 6.84. The number of nitrogens with two attached hydrogens (primary N) is 1. The Morgan fingerprint density at radius 2 is 2.25 bits per heavy atom. The minimum Gasteiger partial charge on any atom is -0.469 e. The summed E-state index contributed by atoms with van der Waals surface area (Å²) in [6.07, 6.45) is 1.08. The van der Waals surface area contributed by atoms with Gasteiger partial charge in [-0.2, -0.15) is 0 Å². The zero-order valence-electron chi connectivity index (χ0n) is 7.60. The maximum atomic E-state index is 10.8. The molecule has 1 unspecified atom stereocenters. The largest absolute Gasteiger partial charge is 0.469 e. The van der Waals surface area contributed by atoms with Crippen LogP contribution in [-0.4, -0.2) is 32.8 Å². The highest BCUT2D eigenvalue weighted by Gasteiger charge is 2.25. The smallest absolute Gasteiger partial charge is 0.305 e. The van der Waals surface area contributed by atoms with E-state index in [-0.39, 0.29) is 5.97 Å². The van der Waals surface area contributed by atoms with Gasteiger partial charge < -0.3 is 10.5 Å². The summed E-state index contributed by atoms with van der Waals surface area (Å²) >= 11 is 5.77. The van der Waals surface area contributed by atoms with Crippen molar-refractivity contribution in [3.05, 3.63) is 0 Å². The molecule has 5 heteroatoms. The van der Waals surface area contributed by atoms with Gasteiger partial charge in [0.15, 0.2) is 0 Å². The summed E-state index contributed by atoms with van der Waals surface area (Å²) in [6, 6.07) is 0.819. The monoisotopic (exact) mass is 209 g/mol. The summed E-state index contributed by atoms with van der Waals surface area (Å²) in [7, 11) is -0.141. The van der Waals surface area contributed by atoms with Crippen LogP contribution in [0.5, 0.6) is 0 Å². The predicted octanol–water partition coefficient (Wildman–Crippen LogP) is 0.904. The number of carbonyl (C=O) groups is 1. The van der Waals surface area contributed by atoms with Crippen LogP contribution in [0, 0.1) is 0 Å². The topological polar surface area (TPSA) is 52.3 Å². The van der Waals surface area contributed by atoms with E-state index in [4.69, 9.17) is 17.3 Å². The van der Waals surface area contributed by atoms with E-state index in [1.807, 2.05) is 0 Å². The molecule has 0 saturated carbocycles. The molecule has 72 valence electrons. The van der Waals surface area contributed by atoms with Crippen molar-refractivity contribution in [2.24, 2.45) is 5.73 Å². The molecule has 0 saturated heterocycles. The van der Waals surface area contributed by atoms with E-state index in [1.165, 1.54) is 7.11 Å². The SMILES string of the molecule is COC(=O)CC[Si](C)(CN)CCl. The Morgan fingerprint density at radius 1 is 1.67 bits per heavy atom. The Labute approximate surface area is 79.2 Å². The van der Waals surface area contributed by atoms with E-state index in [1.54, 1.807) is 0 Å². The molecule has 0 heterocycles. The quantitative estimate of drug-likeness (QED) is 0.416. The lowest BCUT2D eigenvalue weighted by Crippen LogP contribution is -2.42. The van der Waals surface area contributed by atoms with E-state index in [0.29, 0.717) is 18.1 Å². The summed E-state index contributed by atoms with van der Waals surface area (Å²) < 4.78 is 4.53. The van der Waals surface area contributed by atoms with Crippen LogP contribution in [0.15, 0.2) is 0 Å². The third kappa shape index (κ3) is 4.09. The molecule has 0 radical (unpaired) electrons. The standard InChI is InChI=1S/C7H16ClNO2Si/c1-11-7(10)3-4-12(2,5-8)6-9/h3-6,9H2,1-2H3. The molecular formula is C7H16ClNO2Si. The number of hydrogen-bond donors (Lipinski definition) is 1. The molecule has 0 spiro atoms. The number of rotatable bonds is 5. The van der Waals surface area contributed by atoms with Gasteiger partial charge in [-0.1, -0.05) is 6.55 Å². The van der Waals surface area contributed by atoms with Crippen LogP contribution in [0.1, 0.15) is 6.42 Å². The van der Waals surface area contributed by atoms with Crippen molar-refractivity contribution in [1.29, 1.82) is 0 Å². The fraction of sp³-hybridized carbons (Fsp3) is 0.857. The highest BCUT2D eigenvalue weighted by atomic mass is 35.5. The average molecular weight is 210 g/mol. The lowest BCUT2D eigenvalue weighted by atomic mass is 10.5. The van der Waals surface area contributed by atoms with E-state index >= 15 is 0 Å². The second-order valence-electron chi connectivity index (χ2n) is 3.22. The first-order valence-electron chi connectivity index (χ1n) is 3.91. The summed E-state index contributed by atoms with van der Waals surface area (Å²) in [5.41, 5.74) is 6.18. The number of alkyl halides is 1. The average Bonchev–Trinajstić information content (AvgIpc) is 2.13. The fourth-order valence-corrected chi connectivity index (χ4v) is 2.71. The van der Waals surface area contributed by atoms with Crippen LogP contribution < -0.4 is 5.73 Å². The molecule has 0 aromatic rings. The zero-order valence-corrected chi connectivity index (χ0v) is 9.36. The van der Waals surface area contributed by atoms with Crippen molar-refractivity contribution >= 4 is 25.6 Å². The highest BCUT2D eigenvalue weighted by Crippen LogP contribution is 2.12. The lowest BCUT2D eigenvalue weighted by Gasteiger charge is -2.21. The summed E-state index contributed by atoms with van der Waals surface area (Å²) in [4.78, 5) is 10.8. The molecule has 2 N–H and O–H groups in total. The molecule has 0 bridgehead atoms. The molecular weight excluding hydrogens is 194 g/mol. The maximum Gasteiger partial charge on any atom is 0.305 e. The van der Waals surface area contributed by atoms with Gasteiger partial charge in [0.1, 0.15) is 0 Å².